The molecule has 0 bridgehead atoms. The lowest BCUT2D eigenvalue weighted by atomic mass is 9.71. The Bertz CT molecular complexity index is 733. The van der Waals surface area contributed by atoms with Crippen LogP contribution in [0.4, 0.5) is 0 Å². The molecule has 2 aromatic rings. The van der Waals surface area contributed by atoms with Crippen molar-refractivity contribution in [2.75, 3.05) is 0 Å². The molecule has 0 spiro atoms. The first-order valence-electron chi connectivity index (χ1n) is 9.57. The Labute approximate surface area is 160 Å². The van der Waals surface area contributed by atoms with Gasteiger partial charge in [0.1, 0.15) is 0 Å². The molecule has 0 saturated carbocycles. The van der Waals surface area contributed by atoms with Crippen LogP contribution in [-0.2, 0) is 10.8 Å². The topological polar surface area (TPSA) is 0 Å². The Morgan fingerprint density at radius 1 is 0.654 bits per heavy atom. The number of hydrogen-bond acceptors (Lipinski definition) is 0. The van der Waals surface area contributed by atoms with Crippen LogP contribution in [0.2, 0.25) is 0 Å². The van der Waals surface area contributed by atoms with Crippen LogP contribution in [0.3, 0.4) is 0 Å². The van der Waals surface area contributed by atoms with Gasteiger partial charge in [-0.15, -0.1) is 0 Å². The lowest BCUT2D eigenvalue weighted by Gasteiger charge is -2.33. The van der Waals surface area contributed by atoms with E-state index < -0.39 is 0 Å². The van der Waals surface area contributed by atoms with Gasteiger partial charge in [-0.2, -0.15) is 0 Å². The standard InChI is InChI=1S/C26H34/c1-19-13-9-11-15-23(19)25(5,6)21(3)17-18-22(4)26(7,8)24-16-12-10-14-20(24)2/h9-16H,3-4,17-18H2,1-2,5-8H3. The Morgan fingerprint density at radius 3 is 1.27 bits per heavy atom. The monoisotopic (exact) mass is 346 g/mol. The maximum atomic E-state index is 4.45. The molecule has 0 aliphatic rings. The van der Waals surface area contributed by atoms with E-state index in [1.54, 1.807) is 0 Å². The molecule has 138 valence electrons. The van der Waals surface area contributed by atoms with Crippen LogP contribution in [-0.4, -0.2) is 0 Å². The molecule has 0 N–H and O–H groups in total. The normalized spacial score (nSPS) is 12.1. The second kappa shape index (κ2) is 7.66. The summed E-state index contributed by atoms with van der Waals surface area (Å²) in [4.78, 5) is 0. The molecule has 2 rings (SSSR count). The first-order valence-corrected chi connectivity index (χ1v) is 9.57. The van der Waals surface area contributed by atoms with Crippen molar-refractivity contribution in [2.45, 2.75) is 65.2 Å². The fourth-order valence-electron chi connectivity index (χ4n) is 3.86. The minimum Gasteiger partial charge on any atom is -0.0990 e. The van der Waals surface area contributed by atoms with E-state index in [0.717, 1.165) is 12.8 Å². The van der Waals surface area contributed by atoms with Crippen molar-refractivity contribution in [1.29, 1.82) is 0 Å². The number of allylic oxidation sites excluding steroid dienone is 2. The van der Waals surface area contributed by atoms with Gasteiger partial charge < -0.3 is 0 Å². The third kappa shape index (κ3) is 4.01. The molecule has 0 aliphatic heterocycles. The zero-order chi connectivity index (χ0) is 19.5. The van der Waals surface area contributed by atoms with Crippen molar-refractivity contribution in [3.8, 4) is 0 Å². The highest BCUT2D eigenvalue weighted by molar-refractivity contribution is 5.41. The van der Waals surface area contributed by atoms with E-state index in [-0.39, 0.29) is 10.8 Å². The third-order valence-corrected chi connectivity index (χ3v) is 6.13. The van der Waals surface area contributed by atoms with Crippen molar-refractivity contribution in [2.24, 2.45) is 0 Å². The van der Waals surface area contributed by atoms with Crippen LogP contribution in [0.1, 0.15) is 62.8 Å². The summed E-state index contributed by atoms with van der Waals surface area (Å²) in [6.45, 7) is 22.4. The highest BCUT2D eigenvalue weighted by atomic mass is 14.3. The molecule has 0 heterocycles. The molecule has 0 unspecified atom stereocenters. The van der Waals surface area contributed by atoms with Gasteiger partial charge in [0, 0.05) is 10.8 Å². The average Bonchev–Trinajstić information content (AvgIpc) is 2.59. The smallest absolute Gasteiger partial charge is 0.0105 e. The van der Waals surface area contributed by atoms with Crippen LogP contribution in [0.25, 0.3) is 0 Å². The van der Waals surface area contributed by atoms with E-state index in [1.165, 1.54) is 33.4 Å². The highest BCUT2D eigenvalue weighted by Gasteiger charge is 2.28. The van der Waals surface area contributed by atoms with Crippen LogP contribution < -0.4 is 0 Å². The zero-order valence-corrected chi connectivity index (χ0v) is 17.4. The summed E-state index contributed by atoms with van der Waals surface area (Å²) in [7, 11) is 0. The molecule has 0 aliphatic carbocycles. The maximum absolute atomic E-state index is 4.45. The quantitative estimate of drug-likeness (QED) is 0.457. The Kier molecular flexibility index (Phi) is 5.96. The number of aryl methyl sites for hydroxylation is 2. The molecule has 0 radical (unpaired) electrons. The van der Waals surface area contributed by atoms with E-state index >= 15 is 0 Å². The second-order valence-electron chi connectivity index (χ2n) is 8.59. The molecule has 2 aromatic carbocycles. The number of hydrogen-bond donors (Lipinski definition) is 0. The van der Waals surface area contributed by atoms with E-state index in [0.29, 0.717) is 0 Å². The molecule has 0 fully saturated rings. The summed E-state index contributed by atoms with van der Waals surface area (Å²) >= 11 is 0. The van der Waals surface area contributed by atoms with Gasteiger partial charge in [0.2, 0.25) is 0 Å². The Morgan fingerprint density at radius 2 is 0.962 bits per heavy atom. The summed E-state index contributed by atoms with van der Waals surface area (Å²) in [6, 6.07) is 17.3. The van der Waals surface area contributed by atoms with Gasteiger partial charge in [0.05, 0.1) is 0 Å². The molecule has 0 aromatic heterocycles. The summed E-state index contributed by atoms with van der Waals surface area (Å²) in [5.74, 6) is 0. The van der Waals surface area contributed by atoms with Gasteiger partial charge in [0.15, 0.2) is 0 Å². The van der Waals surface area contributed by atoms with Crippen molar-refractivity contribution in [3.63, 3.8) is 0 Å². The van der Waals surface area contributed by atoms with E-state index in [4.69, 9.17) is 0 Å². The molecular formula is C26H34. The lowest BCUT2D eigenvalue weighted by Crippen LogP contribution is -2.24. The van der Waals surface area contributed by atoms with Crippen molar-refractivity contribution < 1.29 is 0 Å². The lowest BCUT2D eigenvalue weighted by molar-refractivity contribution is 0.555. The summed E-state index contributed by atoms with van der Waals surface area (Å²) in [6.07, 6.45) is 1.94. The van der Waals surface area contributed by atoms with Crippen LogP contribution in [0.5, 0.6) is 0 Å². The minimum atomic E-state index is -0.0293. The Hall–Kier alpha value is -2.08. The zero-order valence-electron chi connectivity index (χ0n) is 17.4. The molecule has 0 amide bonds. The SMILES string of the molecule is C=C(CCC(=C)C(C)(C)c1ccccc1C)C(C)(C)c1ccccc1C. The predicted molar refractivity (Wildman–Crippen MR) is 116 cm³/mol. The molecule has 0 heteroatoms. The molecule has 0 nitrogen and oxygen atoms in total. The van der Waals surface area contributed by atoms with Crippen molar-refractivity contribution in [1.82, 2.24) is 0 Å². The average molecular weight is 347 g/mol. The predicted octanol–water partition coefficient (Wildman–Crippen LogP) is 7.45. The van der Waals surface area contributed by atoms with Crippen molar-refractivity contribution in [3.05, 3.63) is 95.1 Å². The van der Waals surface area contributed by atoms with E-state index in [1.807, 2.05) is 0 Å². The van der Waals surface area contributed by atoms with E-state index in [2.05, 4.69) is 103 Å². The summed E-state index contributed by atoms with van der Waals surface area (Å²) in [5.41, 5.74) is 7.89. The molecule has 26 heavy (non-hydrogen) atoms. The fraction of sp³-hybridized carbons (Fsp3) is 0.385. The summed E-state index contributed by atoms with van der Waals surface area (Å²) < 4.78 is 0. The first-order chi connectivity index (χ1) is 12.1. The fourth-order valence-corrected chi connectivity index (χ4v) is 3.86. The molecular weight excluding hydrogens is 312 g/mol. The van der Waals surface area contributed by atoms with Gasteiger partial charge in [-0.3, -0.25) is 0 Å². The number of rotatable bonds is 7. The van der Waals surface area contributed by atoms with Gasteiger partial charge in [0.25, 0.3) is 0 Å². The number of benzene rings is 2. The largest absolute Gasteiger partial charge is 0.0990 e. The van der Waals surface area contributed by atoms with Gasteiger partial charge in [-0.1, -0.05) is 101 Å². The molecule has 0 saturated heterocycles. The van der Waals surface area contributed by atoms with E-state index in [9.17, 15) is 0 Å². The molecule has 0 atom stereocenters. The van der Waals surface area contributed by atoms with Crippen molar-refractivity contribution >= 4 is 0 Å². The second-order valence-corrected chi connectivity index (χ2v) is 8.59. The van der Waals surface area contributed by atoms with Crippen LogP contribution in [0.15, 0.2) is 72.8 Å². The maximum Gasteiger partial charge on any atom is 0.0105 e. The van der Waals surface area contributed by atoms with Gasteiger partial charge in [-0.05, 0) is 48.9 Å². The first kappa shape index (κ1) is 20.2. The van der Waals surface area contributed by atoms with Gasteiger partial charge in [-0.25, -0.2) is 0 Å². The van der Waals surface area contributed by atoms with Gasteiger partial charge >= 0.3 is 0 Å². The minimum absolute atomic E-state index is 0.0293. The van der Waals surface area contributed by atoms with Crippen LogP contribution >= 0.6 is 0 Å². The Balaban J connectivity index is 2.13. The summed E-state index contributed by atoms with van der Waals surface area (Å²) in [5, 5.41) is 0. The van der Waals surface area contributed by atoms with Crippen LogP contribution in [0, 0.1) is 13.8 Å². The highest BCUT2D eigenvalue weighted by Crippen LogP contribution is 2.39. The third-order valence-electron chi connectivity index (χ3n) is 6.13.